The molecular weight excluding hydrogens is 510 g/mol. The number of fused-ring (bicyclic) bond motifs is 5. The van der Waals surface area contributed by atoms with Gasteiger partial charge in [-0.1, -0.05) is 36.4 Å². The molecule has 2 aliphatic rings. The predicted molar refractivity (Wildman–Crippen MR) is 160 cm³/mol. The van der Waals surface area contributed by atoms with Crippen molar-refractivity contribution >= 4 is 33.6 Å². The van der Waals surface area contributed by atoms with Crippen LogP contribution in [-0.4, -0.2) is 49.7 Å². The molecule has 7 rings (SSSR count). The van der Waals surface area contributed by atoms with E-state index in [1.54, 1.807) is 12.1 Å². The van der Waals surface area contributed by atoms with Crippen molar-refractivity contribution in [1.82, 2.24) is 24.3 Å². The van der Waals surface area contributed by atoms with Crippen LogP contribution < -0.4 is 0 Å². The second-order valence-corrected chi connectivity index (χ2v) is 11.2. The number of aryl methyl sites for hydroxylation is 2. The molecular formula is C34H33N5O2. The van der Waals surface area contributed by atoms with E-state index in [-0.39, 0.29) is 17.9 Å². The van der Waals surface area contributed by atoms with E-state index >= 15 is 0 Å². The molecule has 41 heavy (non-hydrogen) atoms. The third-order valence-corrected chi connectivity index (χ3v) is 8.74. The Balaban J connectivity index is 1.14. The van der Waals surface area contributed by atoms with Crippen molar-refractivity contribution in [2.24, 2.45) is 0 Å². The van der Waals surface area contributed by atoms with Gasteiger partial charge in [0.1, 0.15) is 0 Å². The quantitative estimate of drug-likeness (QED) is 0.173. The lowest BCUT2D eigenvalue weighted by molar-refractivity contribution is 0.0651. The van der Waals surface area contributed by atoms with Gasteiger partial charge in [0, 0.05) is 48.3 Å². The van der Waals surface area contributed by atoms with E-state index in [1.165, 1.54) is 44.4 Å². The predicted octanol–water partition coefficient (Wildman–Crippen LogP) is 6.17. The number of amides is 2. The summed E-state index contributed by atoms with van der Waals surface area (Å²) in [6.07, 6.45) is 8.76. The summed E-state index contributed by atoms with van der Waals surface area (Å²) in [4.78, 5) is 39.1. The number of pyridine rings is 2. The first-order valence-corrected chi connectivity index (χ1v) is 14.6. The molecule has 0 fully saturated rings. The molecule has 0 spiro atoms. The molecule has 7 nitrogen and oxygen atoms in total. The molecule has 0 unspecified atom stereocenters. The van der Waals surface area contributed by atoms with Crippen molar-refractivity contribution in [1.29, 1.82) is 0 Å². The van der Waals surface area contributed by atoms with Crippen molar-refractivity contribution in [3.63, 3.8) is 0 Å². The van der Waals surface area contributed by atoms with Crippen LogP contribution in [0.2, 0.25) is 0 Å². The van der Waals surface area contributed by atoms with Gasteiger partial charge in [0.2, 0.25) is 0 Å². The fourth-order valence-corrected chi connectivity index (χ4v) is 6.76. The summed E-state index contributed by atoms with van der Waals surface area (Å²) in [6.45, 7) is 1.93. The lowest BCUT2D eigenvalue weighted by Gasteiger charge is -2.32. The molecule has 0 bridgehead atoms. The van der Waals surface area contributed by atoms with Crippen LogP contribution in [0.1, 0.15) is 69.4 Å². The maximum Gasteiger partial charge on any atom is 0.261 e. The van der Waals surface area contributed by atoms with Crippen LogP contribution in [0.3, 0.4) is 0 Å². The van der Waals surface area contributed by atoms with Gasteiger partial charge in [-0.15, -0.1) is 0 Å². The number of unbranched alkanes of at least 4 members (excludes halogenated alkanes) is 1. The fraction of sp³-hybridized carbons (Fsp3) is 0.294. The van der Waals surface area contributed by atoms with Crippen LogP contribution in [0.5, 0.6) is 0 Å². The van der Waals surface area contributed by atoms with Gasteiger partial charge in [-0.2, -0.15) is 0 Å². The number of imide groups is 1. The van der Waals surface area contributed by atoms with E-state index in [2.05, 4.69) is 52.9 Å². The van der Waals surface area contributed by atoms with Crippen LogP contribution in [0.4, 0.5) is 0 Å². The highest BCUT2D eigenvalue weighted by Gasteiger charge is 2.34. The third kappa shape index (κ3) is 4.41. The molecule has 3 aromatic heterocycles. The highest BCUT2D eigenvalue weighted by molar-refractivity contribution is 6.21. The number of benzene rings is 2. The largest absolute Gasteiger partial charge is 0.339 e. The summed E-state index contributed by atoms with van der Waals surface area (Å²) >= 11 is 0. The normalized spacial score (nSPS) is 16.6. The van der Waals surface area contributed by atoms with Gasteiger partial charge in [-0.25, -0.2) is 0 Å². The number of rotatable bonds is 8. The minimum atomic E-state index is -0.184. The van der Waals surface area contributed by atoms with Gasteiger partial charge in [0.25, 0.3) is 11.8 Å². The number of hydrogen-bond donors (Lipinski definition) is 0. The van der Waals surface area contributed by atoms with E-state index < -0.39 is 0 Å². The summed E-state index contributed by atoms with van der Waals surface area (Å²) in [5, 5.41) is 2.43. The Labute approximate surface area is 239 Å². The van der Waals surface area contributed by atoms with E-state index in [9.17, 15) is 9.59 Å². The molecule has 0 N–H and O–H groups in total. The summed E-state index contributed by atoms with van der Waals surface area (Å²) in [6, 6.07) is 22.3. The molecule has 1 aliphatic heterocycles. The standard InChI is InChI=1S/C34H33N5O2/c1-37(30-16-8-10-23-11-9-18-36-31(23)30)22-28-32-25(17-19-35-28)24-12-4-5-15-29(24)38(32)20-6-7-21-39-33(40)26-13-2-3-14-27(26)34(39)41/h2-5,9,11-15,17-19,30H,6-8,10,16,20-22H2,1H3/t30-/m0/s1. The Kier molecular flexibility index (Phi) is 6.59. The second kappa shape index (κ2) is 10.6. The molecule has 0 saturated carbocycles. The van der Waals surface area contributed by atoms with E-state index in [0.29, 0.717) is 17.7 Å². The number of carbonyl (C=O) groups is 2. The number of carbonyl (C=O) groups excluding carboxylic acids is 2. The molecule has 206 valence electrons. The molecule has 2 amide bonds. The van der Waals surface area contributed by atoms with Crippen LogP contribution >= 0.6 is 0 Å². The van der Waals surface area contributed by atoms with Crippen molar-refractivity contribution < 1.29 is 9.59 Å². The zero-order valence-corrected chi connectivity index (χ0v) is 23.3. The molecule has 5 aromatic rings. The van der Waals surface area contributed by atoms with Crippen molar-refractivity contribution in [2.45, 2.75) is 51.2 Å². The minimum Gasteiger partial charge on any atom is -0.339 e. The Bertz CT molecular complexity index is 1760. The zero-order valence-electron chi connectivity index (χ0n) is 23.3. The summed E-state index contributed by atoms with van der Waals surface area (Å²) in [5.74, 6) is -0.369. The molecule has 1 aliphatic carbocycles. The topological polar surface area (TPSA) is 71.3 Å². The number of para-hydroxylation sites is 1. The monoisotopic (exact) mass is 543 g/mol. The maximum atomic E-state index is 12.8. The van der Waals surface area contributed by atoms with Gasteiger partial charge < -0.3 is 4.57 Å². The molecule has 0 saturated heterocycles. The fourth-order valence-electron chi connectivity index (χ4n) is 6.76. The van der Waals surface area contributed by atoms with E-state index in [0.717, 1.165) is 44.5 Å². The van der Waals surface area contributed by atoms with Gasteiger partial charge in [-0.05, 0) is 75.0 Å². The summed E-state index contributed by atoms with van der Waals surface area (Å²) < 4.78 is 2.39. The molecule has 4 heterocycles. The van der Waals surface area contributed by atoms with Crippen LogP contribution in [0, 0.1) is 0 Å². The highest BCUT2D eigenvalue weighted by atomic mass is 16.2. The van der Waals surface area contributed by atoms with Gasteiger partial charge in [-0.3, -0.25) is 29.4 Å². The van der Waals surface area contributed by atoms with Crippen LogP contribution in [0.15, 0.2) is 79.1 Å². The zero-order chi connectivity index (χ0) is 27.9. The number of aromatic nitrogens is 3. The maximum absolute atomic E-state index is 12.8. The molecule has 7 heteroatoms. The molecule has 2 aromatic carbocycles. The minimum absolute atomic E-state index is 0.184. The van der Waals surface area contributed by atoms with E-state index in [4.69, 9.17) is 9.97 Å². The van der Waals surface area contributed by atoms with Crippen molar-refractivity contribution in [3.8, 4) is 0 Å². The molecule has 1 atom stereocenters. The number of nitrogens with zero attached hydrogens (tertiary/aromatic N) is 5. The van der Waals surface area contributed by atoms with Crippen molar-refractivity contribution in [2.75, 3.05) is 13.6 Å². The lowest BCUT2D eigenvalue weighted by atomic mass is 9.91. The number of hydrogen-bond acceptors (Lipinski definition) is 5. The Morgan fingerprint density at radius 3 is 2.41 bits per heavy atom. The average molecular weight is 544 g/mol. The SMILES string of the molecule is CN(Cc1nccc2c3ccccc3n(CCCCN3C(=O)c4ccccc4C3=O)c12)[C@H]1CCCc2cccnc21. The van der Waals surface area contributed by atoms with Gasteiger partial charge in [0.15, 0.2) is 0 Å². The van der Waals surface area contributed by atoms with Gasteiger partial charge >= 0.3 is 0 Å². The summed E-state index contributed by atoms with van der Waals surface area (Å²) in [7, 11) is 2.18. The van der Waals surface area contributed by atoms with E-state index in [1.807, 2.05) is 30.6 Å². The van der Waals surface area contributed by atoms with Gasteiger partial charge in [0.05, 0.1) is 34.1 Å². The Morgan fingerprint density at radius 1 is 0.829 bits per heavy atom. The lowest BCUT2D eigenvalue weighted by Crippen LogP contribution is -2.30. The first-order valence-electron chi connectivity index (χ1n) is 14.6. The smallest absolute Gasteiger partial charge is 0.261 e. The van der Waals surface area contributed by atoms with Crippen LogP contribution in [-0.2, 0) is 19.5 Å². The third-order valence-electron chi connectivity index (χ3n) is 8.74. The molecule has 0 radical (unpaired) electrons. The highest BCUT2D eigenvalue weighted by Crippen LogP contribution is 2.35. The van der Waals surface area contributed by atoms with Crippen LogP contribution in [0.25, 0.3) is 21.8 Å². The Morgan fingerprint density at radius 2 is 1.59 bits per heavy atom. The first kappa shape index (κ1) is 25.6. The van der Waals surface area contributed by atoms with Crippen molar-refractivity contribution in [3.05, 3.63) is 107 Å². The Hall–Kier alpha value is -4.36. The second-order valence-electron chi connectivity index (χ2n) is 11.2. The average Bonchev–Trinajstić information content (AvgIpc) is 3.46. The summed E-state index contributed by atoms with van der Waals surface area (Å²) in [5.41, 5.74) is 6.98. The first-order chi connectivity index (χ1) is 20.1.